The minimum Gasteiger partial charge on any atom is -0.472 e. The Bertz CT molecular complexity index is 1490. The van der Waals surface area contributed by atoms with Crippen molar-refractivity contribution in [3.63, 3.8) is 0 Å². The maximum Gasteiger partial charge on any atom is 0.338 e. The van der Waals surface area contributed by atoms with Gasteiger partial charge in [-0.05, 0) is 48.4 Å². The number of hydrogen-bond acceptors (Lipinski definition) is 9. The second-order valence-electron chi connectivity index (χ2n) is 13.6. The fraction of sp³-hybridized carbons (Fsp3) is 0.529. The summed E-state index contributed by atoms with van der Waals surface area (Å²) in [6, 6.07) is 10.3. The number of ketones is 1. The number of furan rings is 1. The fourth-order valence-corrected chi connectivity index (χ4v) is 8.91. The van der Waals surface area contributed by atoms with E-state index in [0.717, 1.165) is 0 Å². The first kappa shape index (κ1) is 29.4. The second kappa shape index (κ2) is 9.91. The molecule has 2 aromatic rings. The number of benzene rings is 1. The van der Waals surface area contributed by atoms with Crippen LogP contribution in [0.4, 0.5) is 0 Å². The maximum absolute atomic E-state index is 14.6. The molecule has 2 saturated carbocycles. The molecule has 0 unspecified atom stereocenters. The lowest BCUT2D eigenvalue weighted by atomic mass is 9.39. The van der Waals surface area contributed by atoms with Crippen LogP contribution in [0.3, 0.4) is 0 Å². The van der Waals surface area contributed by atoms with Gasteiger partial charge in [0.25, 0.3) is 0 Å². The van der Waals surface area contributed by atoms with Gasteiger partial charge in [0.15, 0.2) is 0 Å². The van der Waals surface area contributed by atoms with E-state index in [1.807, 2.05) is 27.7 Å². The van der Waals surface area contributed by atoms with Crippen LogP contribution in [0.15, 0.2) is 65.0 Å². The highest BCUT2D eigenvalue weighted by atomic mass is 16.6. The van der Waals surface area contributed by atoms with Gasteiger partial charge in [-0.25, -0.2) is 4.79 Å². The van der Waals surface area contributed by atoms with Crippen molar-refractivity contribution in [2.45, 2.75) is 71.2 Å². The van der Waals surface area contributed by atoms with Crippen LogP contribution in [0.2, 0.25) is 0 Å². The molecule has 4 aliphatic rings. The molecule has 0 spiro atoms. The fourth-order valence-electron chi connectivity index (χ4n) is 8.91. The van der Waals surface area contributed by atoms with Gasteiger partial charge in [0.05, 0.1) is 37.5 Å². The van der Waals surface area contributed by atoms with Crippen molar-refractivity contribution in [2.24, 2.45) is 34.0 Å². The molecule has 1 aromatic carbocycles. The molecule has 8 atom stereocenters. The average molecular weight is 591 g/mol. The lowest BCUT2D eigenvalue weighted by molar-refractivity contribution is -0.222. The van der Waals surface area contributed by atoms with Gasteiger partial charge in [-0.3, -0.25) is 14.4 Å². The number of rotatable bonds is 5. The molecule has 9 nitrogen and oxygen atoms in total. The third-order valence-electron chi connectivity index (χ3n) is 11.3. The minimum absolute atomic E-state index is 0.0724. The molecular weight excluding hydrogens is 552 g/mol. The Kier molecular flexibility index (Phi) is 6.76. The highest BCUT2D eigenvalue weighted by Crippen LogP contribution is 2.69. The zero-order chi connectivity index (χ0) is 30.9. The van der Waals surface area contributed by atoms with Gasteiger partial charge in [0.2, 0.25) is 0 Å². The normalized spacial score (nSPS) is 37.7. The predicted molar refractivity (Wildman–Crippen MR) is 152 cm³/mol. The summed E-state index contributed by atoms with van der Waals surface area (Å²) < 4.78 is 22.4. The van der Waals surface area contributed by atoms with E-state index in [0.29, 0.717) is 29.5 Å². The highest BCUT2D eigenvalue weighted by molar-refractivity contribution is 5.95. The molecule has 9 heteroatoms. The Morgan fingerprint density at radius 1 is 1.07 bits per heavy atom. The van der Waals surface area contributed by atoms with Gasteiger partial charge in [-0.1, -0.05) is 52.0 Å². The van der Waals surface area contributed by atoms with E-state index in [4.69, 9.17) is 18.6 Å². The molecule has 3 aliphatic carbocycles. The summed E-state index contributed by atoms with van der Waals surface area (Å²) in [5, 5.41) is 12.7. The smallest absolute Gasteiger partial charge is 0.338 e. The van der Waals surface area contributed by atoms with E-state index in [9.17, 15) is 24.3 Å². The van der Waals surface area contributed by atoms with Gasteiger partial charge in [0, 0.05) is 28.2 Å². The van der Waals surface area contributed by atoms with Crippen molar-refractivity contribution >= 4 is 23.7 Å². The van der Waals surface area contributed by atoms with E-state index >= 15 is 0 Å². The average Bonchev–Trinajstić information content (AvgIpc) is 3.51. The van der Waals surface area contributed by atoms with E-state index in [1.165, 1.54) is 19.6 Å². The van der Waals surface area contributed by atoms with Gasteiger partial charge in [0.1, 0.15) is 23.6 Å². The molecule has 1 aliphatic heterocycles. The van der Waals surface area contributed by atoms with Crippen LogP contribution in [0.5, 0.6) is 0 Å². The number of fused-ring (bicyclic) bond motifs is 6. The summed E-state index contributed by atoms with van der Waals surface area (Å²) >= 11 is 0. The first-order chi connectivity index (χ1) is 20.3. The van der Waals surface area contributed by atoms with E-state index in [-0.39, 0.29) is 18.6 Å². The Hall–Kier alpha value is -3.72. The first-order valence-electron chi connectivity index (χ1n) is 14.8. The van der Waals surface area contributed by atoms with Crippen LogP contribution in [-0.2, 0) is 28.6 Å². The van der Waals surface area contributed by atoms with Crippen molar-refractivity contribution in [2.75, 3.05) is 7.11 Å². The number of carbonyl (C=O) groups excluding carboxylic acids is 4. The largest absolute Gasteiger partial charge is 0.472 e. The Morgan fingerprint density at radius 3 is 2.44 bits per heavy atom. The molecule has 6 rings (SSSR count). The molecule has 3 fully saturated rings. The molecule has 2 bridgehead atoms. The summed E-state index contributed by atoms with van der Waals surface area (Å²) in [4.78, 5) is 54.0. The zero-order valence-corrected chi connectivity index (χ0v) is 25.1. The molecule has 0 amide bonds. The minimum atomic E-state index is -1.65. The molecular formula is C34H38O9. The number of Topliss-reactive ketones (excluding diaryl/α,β-unsaturated/α-hetero) is 1. The van der Waals surface area contributed by atoms with Crippen LogP contribution in [0, 0.1) is 34.0 Å². The third kappa shape index (κ3) is 4.07. The van der Waals surface area contributed by atoms with Crippen LogP contribution >= 0.6 is 0 Å². The number of ether oxygens (including phenoxy) is 3. The topological polar surface area (TPSA) is 129 Å². The SMILES string of the molecule is COC(=O)C[C@H]1C(C)(C)[C@H](OC(=O)c2ccccc2)[C@@H]2C=C3[C@H](CC[C@@]4(C)[C@H](c5ccoc5)OC(=O)C[C@@]34O)[C@@]1(C)C2=O. The van der Waals surface area contributed by atoms with Gasteiger partial charge >= 0.3 is 17.9 Å². The van der Waals surface area contributed by atoms with E-state index in [1.54, 1.807) is 42.5 Å². The molecule has 1 N–H and O–H groups in total. The van der Waals surface area contributed by atoms with Crippen molar-refractivity contribution < 1.29 is 42.9 Å². The highest BCUT2D eigenvalue weighted by Gasteiger charge is 2.72. The second-order valence-corrected chi connectivity index (χ2v) is 13.6. The summed E-state index contributed by atoms with van der Waals surface area (Å²) in [5.41, 5.74) is -2.96. The first-order valence-corrected chi connectivity index (χ1v) is 14.8. The molecule has 43 heavy (non-hydrogen) atoms. The van der Waals surface area contributed by atoms with Gasteiger partial charge < -0.3 is 23.7 Å². The molecule has 2 heterocycles. The zero-order valence-electron chi connectivity index (χ0n) is 25.1. The molecule has 1 aromatic heterocycles. The van der Waals surface area contributed by atoms with Crippen LogP contribution in [0.1, 0.15) is 75.4 Å². The lowest BCUT2D eigenvalue weighted by Crippen LogP contribution is -2.69. The molecule has 1 saturated heterocycles. The van der Waals surface area contributed by atoms with Crippen molar-refractivity contribution in [3.05, 3.63) is 71.7 Å². The number of carbonyl (C=O) groups is 4. The van der Waals surface area contributed by atoms with Crippen molar-refractivity contribution in [1.82, 2.24) is 0 Å². The Morgan fingerprint density at radius 2 is 1.79 bits per heavy atom. The quantitative estimate of drug-likeness (QED) is 0.291. The van der Waals surface area contributed by atoms with Crippen LogP contribution in [0.25, 0.3) is 0 Å². The number of esters is 3. The number of hydrogen-bond donors (Lipinski definition) is 1. The summed E-state index contributed by atoms with van der Waals surface area (Å²) in [6.07, 6.45) is 3.70. The summed E-state index contributed by atoms with van der Waals surface area (Å²) in [5.74, 6) is -3.70. The molecule has 228 valence electrons. The third-order valence-corrected chi connectivity index (χ3v) is 11.3. The van der Waals surface area contributed by atoms with Gasteiger partial charge in [-0.2, -0.15) is 0 Å². The molecule has 0 radical (unpaired) electrons. The maximum atomic E-state index is 14.6. The Labute approximate surface area is 250 Å². The predicted octanol–water partition coefficient (Wildman–Crippen LogP) is 4.99. The number of aliphatic hydroxyl groups is 1. The number of cyclic esters (lactones) is 1. The van der Waals surface area contributed by atoms with Crippen molar-refractivity contribution in [1.29, 1.82) is 0 Å². The monoisotopic (exact) mass is 590 g/mol. The lowest BCUT2D eigenvalue weighted by Gasteiger charge is -2.65. The Balaban J connectivity index is 1.51. The summed E-state index contributed by atoms with van der Waals surface area (Å²) in [7, 11) is 1.31. The summed E-state index contributed by atoms with van der Waals surface area (Å²) in [6.45, 7) is 7.63. The van der Waals surface area contributed by atoms with Gasteiger partial charge in [-0.15, -0.1) is 0 Å². The van der Waals surface area contributed by atoms with E-state index < -0.39 is 69.7 Å². The standard InChI is InChI=1S/C34H38O9/c1-31(2)24(16-25(35)40-5)33(4)22-11-13-32(3)28(20-12-14-41-18-20)42-26(36)17-34(32,39)23(22)15-21(27(33)37)29(31)43-30(38)19-9-7-6-8-10-19/h6-10,12,14-15,18,21-22,24,28-29,39H,11,13,16-17H2,1-5H3/t21-,22+,24+,28+,29-,32+,33-,34-/m1/s1. The number of methoxy groups -OCH3 is 1. The van der Waals surface area contributed by atoms with Crippen LogP contribution in [-0.4, -0.2) is 47.6 Å². The van der Waals surface area contributed by atoms with Crippen LogP contribution < -0.4 is 0 Å². The van der Waals surface area contributed by atoms with E-state index in [2.05, 4.69) is 0 Å². The van der Waals surface area contributed by atoms with Crippen molar-refractivity contribution in [3.8, 4) is 0 Å².